The maximum absolute atomic E-state index is 5.28. The second-order valence-corrected chi connectivity index (χ2v) is 18.8. The molecule has 9 aromatic rings. The van der Waals surface area contributed by atoms with Crippen LogP contribution in [-0.2, 0) is 0 Å². The normalized spacial score (nSPS) is 12.9. The standard InChI is InChI=1S/C49H35N3Si/c1-53(2)44-21-11-20-42(46(44)43-30-38-16-8-9-17-39(38)31-45(43)53)49-51-47(50-48(52-49)41-19-10-18-37(29-41)32-12-4-3-5-13-32)35-25-22-34(23-26-35)40-27-24-33-14-6-7-15-36(33)28-40/h3-31H,1-2H3. The Hall–Kier alpha value is -6.49. The Morgan fingerprint density at radius 3 is 1.62 bits per heavy atom. The van der Waals surface area contributed by atoms with E-state index >= 15 is 0 Å². The average molecular weight is 694 g/mol. The number of hydrogen-bond acceptors (Lipinski definition) is 3. The van der Waals surface area contributed by atoms with Crippen LogP contribution in [0.15, 0.2) is 176 Å². The van der Waals surface area contributed by atoms with Crippen molar-refractivity contribution in [2.45, 2.75) is 13.1 Å². The molecule has 1 aliphatic heterocycles. The monoisotopic (exact) mass is 693 g/mol. The third-order valence-corrected chi connectivity index (χ3v) is 14.4. The largest absolute Gasteiger partial charge is 0.208 e. The van der Waals surface area contributed by atoms with Gasteiger partial charge in [-0.15, -0.1) is 0 Å². The summed E-state index contributed by atoms with van der Waals surface area (Å²) in [5.74, 6) is 2.01. The predicted octanol–water partition coefficient (Wildman–Crippen LogP) is 11.3. The zero-order chi connectivity index (χ0) is 35.5. The van der Waals surface area contributed by atoms with Crippen molar-refractivity contribution in [3.8, 4) is 67.5 Å². The molecule has 0 spiro atoms. The topological polar surface area (TPSA) is 38.7 Å². The highest BCUT2D eigenvalue weighted by atomic mass is 28.3. The van der Waals surface area contributed by atoms with Gasteiger partial charge in [-0.3, -0.25) is 0 Å². The van der Waals surface area contributed by atoms with E-state index in [4.69, 9.17) is 15.0 Å². The van der Waals surface area contributed by atoms with Gasteiger partial charge in [0.25, 0.3) is 0 Å². The van der Waals surface area contributed by atoms with Gasteiger partial charge < -0.3 is 0 Å². The third kappa shape index (κ3) is 5.38. The Morgan fingerprint density at radius 1 is 0.321 bits per heavy atom. The first-order chi connectivity index (χ1) is 26.0. The molecule has 250 valence electrons. The van der Waals surface area contributed by atoms with E-state index in [0.717, 1.165) is 33.4 Å². The van der Waals surface area contributed by atoms with Gasteiger partial charge in [0.2, 0.25) is 0 Å². The lowest BCUT2D eigenvalue weighted by molar-refractivity contribution is 1.07. The smallest absolute Gasteiger partial charge is 0.164 e. The third-order valence-electron chi connectivity index (χ3n) is 10.9. The van der Waals surface area contributed by atoms with Gasteiger partial charge in [-0.2, -0.15) is 0 Å². The van der Waals surface area contributed by atoms with Crippen LogP contribution < -0.4 is 10.4 Å². The van der Waals surface area contributed by atoms with Crippen LogP contribution in [0.5, 0.6) is 0 Å². The molecular weight excluding hydrogens is 659 g/mol. The van der Waals surface area contributed by atoms with Crippen LogP contribution in [0.1, 0.15) is 0 Å². The fourth-order valence-electron chi connectivity index (χ4n) is 8.06. The molecule has 0 amide bonds. The van der Waals surface area contributed by atoms with Crippen LogP contribution in [0, 0.1) is 0 Å². The quantitative estimate of drug-likeness (QED) is 0.168. The molecule has 0 aliphatic carbocycles. The number of rotatable bonds is 5. The fourth-order valence-corrected chi connectivity index (χ4v) is 11.1. The molecule has 0 fully saturated rings. The zero-order valence-electron chi connectivity index (χ0n) is 29.6. The first-order valence-electron chi connectivity index (χ1n) is 18.2. The van der Waals surface area contributed by atoms with Gasteiger partial charge in [0.05, 0.1) is 0 Å². The summed E-state index contributed by atoms with van der Waals surface area (Å²) in [7, 11) is -1.99. The van der Waals surface area contributed by atoms with E-state index in [1.54, 1.807) is 0 Å². The fraction of sp³-hybridized carbons (Fsp3) is 0.0408. The maximum atomic E-state index is 5.28. The first kappa shape index (κ1) is 31.3. The summed E-state index contributed by atoms with van der Waals surface area (Å²) in [5.41, 5.74) is 10.1. The molecule has 0 unspecified atom stereocenters. The molecule has 4 heteroatoms. The van der Waals surface area contributed by atoms with Crippen LogP contribution in [0.4, 0.5) is 0 Å². The molecule has 0 radical (unpaired) electrons. The Morgan fingerprint density at radius 2 is 0.849 bits per heavy atom. The van der Waals surface area contributed by atoms with Crippen molar-refractivity contribution in [1.82, 2.24) is 15.0 Å². The second kappa shape index (κ2) is 12.3. The van der Waals surface area contributed by atoms with Crippen molar-refractivity contribution in [2.24, 2.45) is 0 Å². The highest BCUT2D eigenvalue weighted by Gasteiger charge is 2.39. The highest BCUT2D eigenvalue weighted by Crippen LogP contribution is 2.38. The SMILES string of the molecule is C[Si]1(C)c2cc3ccccc3cc2-c2c(-c3nc(-c4ccc(-c5ccc6ccccc6c5)cc4)nc(-c4cccc(-c5ccccc5)c4)n3)cccc21. The number of benzene rings is 8. The van der Waals surface area contributed by atoms with Gasteiger partial charge in [-0.05, 0) is 83.5 Å². The maximum Gasteiger partial charge on any atom is 0.164 e. The van der Waals surface area contributed by atoms with E-state index in [-0.39, 0.29) is 0 Å². The summed E-state index contributed by atoms with van der Waals surface area (Å²) in [6.07, 6.45) is 0. The summed E-state index contributed by atoms with van der Waals surface area (Å²) in [6.45, 7) is 4.93. The Labute approximate surface area is 310 Å². The molecule has 0 atom stereocenters. The van der Waals surface area contributed by atoms with E-state index < -0.39 is 8.07 Å². The van der Waals surface area contributed by atoms with Gasteiger partial charge in [0.15, 0.2) is 17.5 Å². The van der Waals surface area contributed by atoms with Crippen molar-refractivity contribution < 1.29 is 0 Å². The number of nitrogens with zero attached hydrogens (tertiary/aromatic N) is 3. The molecule has 3 nitrogen and oxygen atoms in total. The van der Waals surface area contributed by atoms with Crippen LogP contribution >= 0.6 is 0 Å². The molecule has 2 heterocycles. The Balaban J connectivity index is 1.15. The van der Waals surface area contributed by atoms with Crippen molar-refractivity contribution in [1.29, 1.82) is 0 Å². The van der Waals surface area contributed by atoms with Crippen molar-refractivity contribution in [3.05, 3.63) is 176 Å². The highest BCUT2D eigenvalue weighted by molar-refractivity contribution is 7.04. The minimum atomic E-state index is -1.99. The molecule has 1 aromatic heterocycles. The van der Waals surface area contributed by atoms with E-state index in [1.165, 1.54) is 48.6 Å². The predicted molar refractivity (Wildman–Crippen MR) is 224 cm³/mol. The Kier molecular flexibility index (Phi) is 7.27. The summed E-state index contributed by atoms with van der Waals surface area (Å²) in [4.78, 5) is 15.7. The summed E-state index contributed by atoms with van der Waals surface area (Å²) < 4.78 is 0. The van der Waals surface area contributed by atoms with Gasteiger partial charge in [0.1, 0.15) is 8.07 Å². The molecule has 8 aromatic carbocycles. The molecule has 10 rings (SSSR count). The van der Waals surface area contributed by atoms with Crippen LogP contribution in [0.25, 0.3) is 89.1 Å². The van der Waals surface area contributed by atoms with Crippen molar-refractivity contribution in [2.75, 3.05) is 0 Å². The van der Waals surface area contributed by atoms with Gasteiger partial charge in [-0.1, -0.05) is 171 Å². The van der Waals surface area contributed by atoms with Crippen molar-refractivity contribution in [3.63, 3.8) is 0 Å². The van der Waals surface area contributed by atoms with Crippen molar-refractivity contribution >= 4 is 40.0 Å². The minimum Gasteiger partial charge on any atom is -0.208 e. The van der Waals surface area contributed by atoms with Gasteiger partial charge in [0, 0.05) is 16.7 Å². The molecule has 0 bridgehead atoms. The van der Waals surface area contributed by atoms with Crippen LogP contribution in [0.2, 0.25) is 13.1 Å². The lowest BCUT2D eigenvalue weighted by Crippen LogP contribution is -2.49. The molecule has 1 aliphatic rings. The van der Waals surface area contributed by atoms with E-state index in [2.05, 4.69) is 183 Å². The summed E-state index contributed by atoms with van der Waals surface area (Å²) in [6, 6.07) is 63.0. The zero-order valence-corrected chi connectivity index (χ0v) is 30.6. The number of hydrogen-bond donors (Lipinski definition) is 0. The molecule has 0 N–H and O–H groups in total. The van der Waals surface area contributed by atoms with Crippen LogP contribution in [0.3, 0.4) is 0 Å². The van der Waals surface area contributed by atoms with E-state index in [1.807, 2.05) is 6.07 Å². The molecule has 0 saturated heterocycles. The average Bonchev–Trinajstić information content (AvgIpc) is 3.45. The lowest BCUT2D eigenvalue weighted by atomic mass is 9.96. The molecular formula is C49H35N3Si. The summed E-state index contributed by atoms with van der Waals surface area (Å²) >= 11 is 0. The second-order valence-electron chi connectivity index (χ2n) is 14.5. The Bertz CT molecular complexity index is 2860. The van der Waals surface area contributed by atoms with E-state index in [0.29, 0.717) is 17.5 Å². The molecule has 53 heavy (non-hydrogen) atoms. The summed E-state index contributed by atoms with van der Waals surface area (Å²) in [5, 5.41) is 7.90. The van der Waals surface area contributed by atoms with Gasteiger partial charge in [-0.25, -0.2) is 15.0 Å². The molecule has 0 saturated carbocycles. The minimum absolute atomic E-state index is 0.658. The number of aromatic nitrogens is 3. The van der Waals surface area contributed by atoms with E-state index in [9.17, 15) is 0 Å². The first-order valence-corrected chi connectivity index (χ1v) is 21.2. The van der Waals surface area contributed by atoms with Gasteiger partial charge >= 0.3 is 0 Å². The van der Waals surface area contributed by atoms with Crippen LogP contribution in [-0.4, -0.2) is 23.0 Å². The lowest BCUT2D eigenvalue weighted by Gasteiger charge is -2.19. The number of fused-ring (bicyclic) bond motifs is 5.